The Morgan fingerprint density at radius 3 is 2.20 bits per heavy atom. The van der Waals surface area contributed by atoms with Crippen molar-refractivity contribution < 1.29 is 14.7 Å². The highest BCUT2D eigenvalue weighted by Gasteiger charge is 2.42. The van der Waals surface area contributed by atoms with E-state index >= 15 is 0 Å². The molecule has 0 unspecified atom stereocenters. The standard InChI is InChI=1S/C14H27N3O3/c1-11-5-7-14(8-6-11,12(18)19)15-13(20)17(4)10-9-16(2)3/h11H,5-10H2,1-4H3,(H,15,20)(H,18,19). The molecule has 20 heavy (non-hydrogen) atoms. The fourth-order valence-corrected chi connectivity index (χ4v) is 2.40. The van der Waals surface area contributed by atoms with Crippen LogP contribution in [0.5, 0.6) is 0 Å². The van der Waals surface area contributed by atoms with Gasteiger partial charge in [0, 0.05) is 20.1 Å². The second-order valence-corrected chi connectivity index (χ2v) is 6.22. The molecule has 1 saturated carbocycles. The summed E-state index contributed by atoms with van der Waals surface area (Å²) in [5.41, 5.74) is -1.09. The Balaban J connectivity index is 2.62. The minimum absolute atomic E-state index is 0.302. The fourth-order valence-electron chi connectivity index (χ4n) is 2.40. The van der Waals surface area contributed by atoms with Crippen molar-refractivity contribution in [1.82, 2.24) is 15.1 Å². The average molecular weight is 285 g/mol. The van der Waals surface area contributed by atoms with E-state index in [2.05, 4.69) is 12.2 Å². The number of carboxylic acid groups (broad SMARTS) is 1. The molecule has 2 N–H and O–H groups in total. The number of nitrogens with zero attached hydrogens (tertiary/aromatic N) is 2. The zero-order chi connectivity index (χ0) is 15.3. The number of aliphatic carboxylic acids is 1. The molecule has 1 rings (SSSR count). The molecule has 0 heterocycles. The maximum Gasteiger partial charge on any atom is 0.329 e. The molecule has 6 heteroatoms. The summed E-state index contributed by atoms with van der Waals surface area (Å²) in [7, 11) is 5.57. The Morgan fingerprint density at radius 1 is 1.20 bits per heavy atom. The van der Waals surface area contributed by atoms with Crippen molar-refractivity contribution in [2.45, 2.75) is 38.1 Å². The monoisotopic (exact) mass is 285 g/mol. The number of amides is 2. The van der Waals surface area contributed by atoms with Gasteiger partial charge in [-0.05, 0) is 45.7 Å². The van der Waals surface area contributed by atoms with Gasteiger partial charge in [-0.2, -0.15) is 0 Å². The van der Waals surface area contributed by atoms with Crippen molar-refractivity contribution in [2.24, 2.45) is 5.92 Å². The Labute approximate surface area is 121 Å². The van der Waals surface area contributed by atoms with Gasteiger partial charge in [0.15, 0.2) is 0 Å². The molecule has 0 bridgehead atoms. The molecular weight excluding hydrogens is 258 g/mol. The Bertz CT molecular complexity index is 350. The number of carbonyl (C=O) groups is 2. The third kappa shape index (κ3) is 4.37. The zero-order valence-corrected chi connectivity index (χ0v) is 13.0. The van der Waals surface area contributed by atoms with Gasteiger partial charge in [0.2, 0.25) is 0 Å². The maximum atomic E-state index is 12.1. The molecule has 0 aromatic carbocycles. The van der Waals surface area contributed by atoms with Gasteiger partial charge < -0.3 is 20.2 Å². The van der Waals surface area contributed by atoms with Gasteiger partial charge in [0.05, 0.1) is 0 Å². The van der Waals surface area contributed by atoms with Crippen LogP contribution in [-0.4, -0.2) is 66.7 Å². The summed E-state index contributed by atoms with van der Waals surface area (Å²) in [4.78, 5) is 27.2. The zero-order valence-electron chi connectivity index (χ0n) is 13.0. The Kier molecular flexibility index (Phi) is 5.80. The van der Waals surface area contributed by atoms with Crippen molar-refractivity contribution >= 4 is 12.0 Å². The van der Waals surface area contributed by atoms with Gasteiger partial charge in [0.1, 0.15) is 5.54 Å². The van der Waals surface area contributed by atoms with Crippen LogP contribution in [0.1, 0.15) is 32.6 Å². The van der Waals surface area contributed by atoms with E-state index in [1.54, 1.807) is 11.9 Å². The number of hydrogen-bond acceptors (Lipinski definition) is 3. The molecule has 116 valence electrons. The SMILES string of the molecule is CC1CCC(NC(=O)N(C)CCN(C)C)(C(=O)O)CC1. The molecule has 0 aliphatic heterocycles. The third-order valence-electron chi connectivity index (χ3n) is 4.11. The summed E-state index contributed by atoms with van der Waals surface area (Å²) in [6, 6.07) is -0.302. The van der Waals surface area contributed by atoms with E-state index in [-0.39, 0.29) is 6.03 Å². The molecule has 2 amide bonds. The average Bonchev–Trinajstić information content (AvgIpc) is 2.38. The quantitative estimate of drug-likeness (QED) is 0.796. The molecule has 1 aliphatic rings. The number of carbonyl (C=O) groups excluding carboxylic acids is 1. The first-order valence-electron chi connectivity index (χ1n) is 7.18. The molecule has 0 aromatic heterocycles. The summed E-state index contributed by atoms with van der Waals surface area (Å²) in [6.07, 6.45) is 2.70. The van der Waals surface area contributed by atoms with Gasteiger partial charge in [-0.1, -0.05) is 6.92 Å². The van der Waals surface area contributed by atoms with Crippen LogP contribution in [0.3, 0.4) is 0 Å². The second kappa shape index (κ2) is 6.92. The van der Waals surface area contributed by atoms with Crippen LogP contribution in [0.4, 0.5) is 4.79 Å². The van der Waals surface area contributed by atoms with Gasteiger partial charge in [0.25, 0.3) is 0 Å². The van der Waals surface area contributed by atoms with E-state index in [0.717, 1.165) is 19.4 Å². The highest BCUT2D eigenvalue weighted by molar-refractivity contribution is 5.86. The van der Waals surface area contributed by atoms with Crippen molar-refractivity contribution in [1.29, 1.82) is 0 Å². The summed E-state index contributed by atoms with van der Waals surface area (Å²) in [6.45, 7) is 3.45. The fraction of sp³-hybridized carbons (Fsp3) is 0.857. The van der Waals surface area contributed by atoms with E-state index in [1.165, 1.54) is 0 Å². The summed E-state index contributed by atoms with van der Waals surface area (Å²) >= 11 is 0. The normalized spacial score (nSPS) is 26.4. The molecular formula is C14H27N3O3. The van der Waals surface area contributed by atoms with Gasteiger partial charge in [-0.15, -0.1) is 0 Å². The molecule has 6 nitrogen and oxygen atoms in total. The first kappa shape index (κ1) is 16.8. The number of likely N-dealkylation sites (N-methyl/N-ethyl adjacent to an activating group) is 2. The first-order chi connectivity index (χ1) is 9.27. The van der Waals surface area contributed by atoms with Crippen LogP contribution < -0.4 is 5.32 Å². The largest absolute Gasteiger partial charge is 0.480 e. The van der Waals surface area contributed by atoms with Gasteiger partial charge in [-0.25, -0.2) is 9.59 Å². The lowest BCUT2D eigenvalue weighted by atomic mass is 9.77. The van der Waals surface area contributed by atoms with Crippen LogP contribution >= 0.6 is 0 Å². The Hall–Kier alpha value is -1.30. The molecule has 0 radical (unpaired) electrons. The summed E-state index contributed by atoms with van der Waals surface area (Å²) in [5.74, 6) is -0.385. The van der Waals surface area contributed by atoms with E-state index in [9.17, 15) is 14.7 Å². The van der Waals surface area contributed by atoms with Crippen molar-refractivity contribution in [3.8, 4) is 0 Å². The number of nitrogens with one attached hydrogen (secondary N) is 1. The van der Waals surface area contributed by atoms with Crippen molar-refractivity contribution in [2.75, 3.05) is 34.2 Å². The number of carboxylic acids is 1. The molecule has 0 atom stereocenters. The van der Waals surface area contributed by atoms with E-state index in [4.69, 9.17) is 0 Å². The second-order valence-electron chi connectivity index (χ2n) is 6.22. The van der Waals surface area contributed by atoms with E-state index in [0.29, 0.717) is 25.3 Å². The lowest BCUT2D eigenvalue weighted by Gasteiger charge is -2.37. The van der Waals surface area contributed by atoms with Crippen molar-refractivity contribution in [3.05, 3.63) is 0 Å². The summed E-state index contributed by atoms with van der Waals surface area (Å²) in [5, 5.41) is 12.2. The highest BCUT2D eigenvalue weighted by Crippen LogP contribution is 2.32. The predicted molar refractivity (Wildman–Crippen MR) is 77.7 cm³/mol. The minimum Gasteiger partial charge on any atom is -0.480 e. The minimum atomic E-state index is -1.09. The van der Waals surface area contributed by atoms with E-state index in [1.807, 2.05) is 19.0 Å². The number of urea groups is 1. The number of rotatable bonds is 5. The molecule has 0 aromatic rings. The highest BCUT2D eigenvalue weighted by atomic mass is 16.4. The maximum absolute atomic E-state index is 12.1. The first-order valence-corrected chi connectivity index (χ1v) is 7.18. The van der Waals surface area contributed by atoms with Crippen LogP contribution in [-0.2, 0) is 4.79 Å². The summed E-state index contributed by atoms with van der Waals surface area (Å²) < 4.78 is 0. The van der Waals surface area contributed by atoms with Crippen LogP contribution in [0.15, 0.2) is 0 Å². The number of hydrogen-bond donors (Lipinski definition) is 2. The molecule has 0 saturated heterocycles. The lowest BCUT2D eigenvalue weighted by molar-refractivity contribution is -0.146. The van der Waals surface area contributed by atoms with Crippen LogP contribution in [0.2, 0.25) is 0 Å². The Morgan fingerprint density at radius 2 is 1.75 bits per heavy atom. The van der Waals surface area contributed by atoms with E-state index < -0.39 is 11.5 Å². The molecule has 1 fully saturated rings. The topological polar surface area (TPSA) is 72.9 Å². The van der Waals surface area contributed by atoms with Gasteiger partial charge >= 0.3 is 12.0 Å². The molecule has 1 aliphatic carbocycles. The lowest BCUT2D eigenvalue weighted by Crippen LogP contribution is -2.59. The smallest absolute Gasteiger partial charge is 0.329 e. The molecule has 0 spiro atoms. The predicted octanol–water partition coefficient (Wildman–Crippen LogP) is 1.22. The third-order valence-corrected chi connectivity index (χ3v) is 4.11. The van der Waals surface area contributed by atoms with Gasteiger partial charge in [-0.3, -0.25) is 0 Å². The van der Waals surface area contributed by atoms with Crippen molar-refractivity contribution in [3.63, 3.8) is 0 Å². The van der Waals surface area contributed by atoms with Crippen LogP contribution in [0, 0.1) is 5.92 Å². The van der Waals surface area contributed by atoms with Crippen LogP contribution in [0.25, 0.3) is 0 Å².